The van der Waals surface area contributed by atoms with Gasteiger partial charge in [0.05, 0.1) is 9.79 Å². The lowest BCUT2D eigenvalue weighted by Crippen LogP contribution is -2.42. The van der Waals surface area contributed by atoms with Crippen LogP contribution in [0, 0.1) is 11.8 Å². The number of piperidine rings is 1. The van der Waals surface area contributed by atoms with E-state index >= 15 is 0 Å². The number of amides is 1. The van der Waals surface area contributed by atoms with Gasteiger partial charge in [0, 0.05) is 24.3 Å². The summed E-state index contributed by atoms with van der Waals surface area (Å²) in [7, 11) is -7.50. The summed E-state index contributed by atoms with van der Waals surface area (Å²) in [5, 5.41) is 11.3. The van der Waals surface area contributed by atoms with Gasteiger partial charge < -0.3 is 5.32 Å². The molecule has 1 aromatic heterocycles. The predicted octanol–water partition coefficient (Wildman–Crippen LogP) is 3.82. The van der Waals surface area contributed by atoms with Crippen LogP contribution in [0.1, 0.15) is 42.6 Å². The zero-order valence-electron chi connectivity index (χ0n) is 20.7. The Morgan fingerprint density at radius 2 is 1.54 bits per heavy atom. The SMILES string of the molecule is CCc1nnc(NS(=O)(=O)c2ccc(NC(=O)c3ccc(S(=O)(=O)N4C[C@H](C)C[C@H](C)C4)cc3)cc2)s1. The van der Waals surface area contributed by atoms with Gasteiger partial charge in [-0.3, -0.25) is 9.52 Å². The maximum atomic E-state index is 13.1. The van der Waals surface area contributed by atoms with Gasteiger partial charge in [0.25, 0.3) is 15.9 Å². The minimum atomic E-state index is -3.86. The van der Waals surface area contributed by atoms with E-state index in [4.69, 9.17) is 0 Å². The summed E-state index contributed by atoms with van der Waals surface area (Å²) in [5.74, 6) is 0.136. The zero-order valence-corrected chi connectivity index (χ0v) is 23.2. The first-order valence-electron chi connectivity index (χ1n) is 11.8. The summed E-state index contributed by atoms with van der Waals surface area (Å²) >= 11 is 1.16. The maximum Gasteiger partial charge on any atom is 0.263 e. The molecular weight excluding hydrogens is 534 g/mol. The molecule has 37 heavy (non-hydrogen) atoms. The lowest BCUT2D eigenvalue weighted by molar-refractivity contribution is 0.102. The number of anilines is 2. The minimum absolute atomic E-state index is 0.00894. The number of rotatable bonds is 8. The summed E-state index contributed by atoms with van der Waals surface area (Å²) in [6, 6.07) is 11.5. The molecule has 4 rings (SSSR count). The monoisotopic (exact) mass is 563 g/mol. The second-order valence-electron chi connectivity index (χ2n) is 9.23. The number of benzene rings is 2. The van der Waals surface area contributed by atoms with E-state index in [2.05, 4.69) is 20.2 Å². The quantitative estimate of drug-likeness (QED) is 0.425. The average Bonchev–Trinajstić information content (AvgIpc) is 3.30. The van der Waals surface area contributed by atoms with E-state index < -0.39 is 26.0 Å². The number of hydrogen-bond donors (Lipinski definition) is 2. The number of sulfonamides is 2. The zero-order chi connectivity index (χ0) is 26.8. The molecule has 1 amide bonds. The van der Waals surface area contributed by atoms with Crippen LogP contribution in [0.4, 0.5) is 10.8 Å². The van der Waals surface area contributed by atoms with E-state index in [9.17, 15) is 21.6 Å². The molecule has 2 atom stereocenters. The fourth-order valence-corrected chi connectivity index (χ4v) is 7.85. The molecule has 0 bridgehead atoms. The second kappa shape index (κ2) is 10.9. The highest BCUT2D eigenvalue weighted by Gasteiger charge is 2.31. The summed E-state index contributed by atoms with van der Waals surface area (Å²) in [5.41, 5.74) is 0.668. The van der Waals surface area contributed by atoms with Crippen molar-refractivity contribution in [2.75, 3.05) is 23.1 Å². The Morgan fingerprint density at radius 1 is 0.946 bits per heavy atom. The van der Waals surface area contributed by atoms with E-state index in [1.54, 1.807) is 0 Å². The predicted molar refractivity (Wildman–Crippen MR) is 143 cm³/mol. The highest BCUT2D eigenvalue weighted by molar-refractivity contribution is 7.93. The van der Waals surface area contributed by atoms with E-state index in [1.165, 1.54) is 52.8 Å². The molecule has 13 heteroatoms. The van der Waals surface area contributed by atoms with Crippen LogP contribution in [-0.2, 0) is 26.5 Å². The van der Waals surface area contributed by atoms with Crippen LogP contribution in [-0.4, -0.2) is 50.3 Å². The Labute approximate surface area is 221 Å². The van der Waals surface area contributed by atoms with Crippen molar-refractivity contribution in [3.63, 3.8) is 0 Å². The summed E-state index contributed by atoms with van der Waals surface area (Å²) < 4.78 is 55.2. The van der Waals surface area contributed by atoms with Crippen LogP contribution < -0.4 is 10.0 Å². The van der Waals surface area contributed by atoms with Crippen molar-refractivity contribution in [1.29, 1.82) is 0 Å². The van der Waals surface area contributed by atoms with Crippen molar-refractivity contribution < 1.29 is 21.6 Å². The highest BCUT2D eigenvalue weighted by Crippen LogP contribution is 2.27. The van der Waals surface area contributed by atoms with Crippen molar-refractivity contribution in [3.05, 3.63) is 59.1 Å². The molecule has 2 N–H and O–H groups in total. The van der Waals surface area contributed by atoms with E-state index in [-0.39, 0.29) is 20.5 Å². The smallest absolute Gasteiger partial charge is 0.263 e. The first-order valence-corrected chi connectivity index (χ1v) is 15.6. The first-order chi connectivity index (χ1) is 17.5. The number of aromatic nitrogens is 2. The molecule has 0 radical (unpaired) electrons. The molecule has 2 heterocycles. The molecule has 1 saturated heterocycles. The average molecular weight is 564 g/mol. The van der Waals surface area contributed by atoms with E-state index in [0.717, 1.165) is 22.8 Å². The molecule has 0 unspecified atom stereocenters. The van der Waals surface area contributed by atoms with Gasteiger partial charge in [-0.1, -0.05) is 32.1 Å². The van der Waals surface area contributed by atoms with Gasteiger partial charge in [-0.25, -0.2) is 16.8 Å². The van der Waals surface area contributed by atoms with Crippen molar-refractivity contribution in [2.45, 2.75) is 43.4 Å². The van der Waals surface area contributed by atoms with Gasteiger partial charge in [-0.05, 0) is 73.2 Å². The topological polar surface area (TPSA) is 138 Å². The summed E-state index contributed by atoms with van der Waals surface area (Å²) in [4.78, 5) is 12.9. The normalized spacial score (nSPS) is 18.9. The van der Waals surface area contributed by atoms with Crippen molar-refractivity contribution in [3.8, 4) is 0 Å². The molecular formula is C24H29N5O5S3. The standard InChI is InChI=1S/C24H29N5O5S3/c1-4-22-26-27-24(35-22)28-36(31,32)20-11-7-19(8-12-20)25-23(30)18-5-9-21(10-6-18)37(33,34)29-14-16(2)13-17(3)15-29/h5-12,16-17H,4,13-15H2,1-3H3,(H,25,30)(H,27,28)/t16-,17+. The molecule has 198 valence electrons. The van der Waals surface area contributed by atoms with Crippen molar-refractivity contribution in [1.82, 2.24) is 14.5 Å². The number of nitrogens with zero attached hydrogens (tertiary/aromatic N) is 3. The molecule has 3 aromatic rings. The van der Waals surface area contributed by atoms with Gasteiger partial charge in [0.15, 0.2) is 0 Å². The van der Waals surface area contributed by atoms with E-state index in [0.29, 0.717) is 37.0 Å². The molecule has 1 fully saturated rings. The molecule has 1 aliphatic heterocycles. The van der Waals surface area contributed by atoms with Crippen molar-refractivity contribution in [2.24, 2.45) is 11.8 Å². The van der Waals surface area contributed by atoms with E-state index in [1.807, 2.05) is 20.8 Å². The Bertz CT molecular complexity index is 1460. The van der Waals surface area contributed by atoms with Gasteiger partial charge >= 0.3 is 0 Å². The number of aryl methyl sites for hydroxylation is 1. The molecule has 0 aliphatic carbocycles. The largest absolute Gasteiger partial charge is 0.322 e. The Balaban J connectivity index is 1.41. The number of nitrogens with one attached hydrogen (secondary N) is 2. The van der Waals surface area contributed by atoms with Crippen LogP contribution in [0.5, 0.6) is 0 Å². The molecule has 2 aromatic carbocycles. The Morgan fingerprint density at radius 3 is 2.11 bits per heavy atom. The third-order valence-corrected chi connectivity index (χ3v) is 10.3. The molecule has 0 saturated carbocycles. The van der Waals surface area contributed by atoms with Crippen LogP contribution in [0.2, 0.25) is 0 Å². The lowest BCUT2D eigenvalue weighted by atomic mass is 9.94. The molecule has 1 aliphatic rings. The third-order valence-electron chi connectivity index (χ3n) is 6.00. The summed E-state index contributed by atoms with van der Waals surface area (Å²) in [6.07, 6.45) is 1.65. The van der Waals surface area contributed by atoms with Gasteiger partial charge in [0.1, 0.15) is 5.01 Å². The van der Waals surface area contributed by atoms with Crippen LogP contribution >= 0.6 is 11.3 Å². The van der Waals surface area contributed by atoms with Crippen LogP contribution in [0.25, 0.3) is 0 Å². The highest BCUT2D eigenvalue weighted by atomic mass is 32.2. The second-order valence-corrected chi connectivity index (χ2v) is 13.9. The maximum absolute atomic E-state index is 13.1. The Kier molecular flexibility index (Phi) is 7.97. The Hall–Kier alpha value is -2.87. The third kappa shape index (κ3) is 6.35. The fraction of sp³-hybridized carbons (Fsp3) is 0.375. The fourth-order valence-electron chi connectivity index (χ4n) is 4.26. The van der Waals surface area contributed by atoms with Gasteiger partial charge in [-0.15, -0.1) is 10.2 Å². The first kappa shape index (κ1) is 27.2. The lowest BCUT2D eigenvalue weighted by Gasteiger charge is -2.34. The van der Waals surface area contributed by atoms with Crippen LogP contribution in [0.15, 0.2) is 58.3 Å². The van der Waals surface area contributed by atoms with Gasteiger partial charge in [0.2, 0.25) is 15.2 Å². The van der Waals surface area contributed by atoms with Crippen molar-refractivity contribution >= 4 is 48.1 Å². The summed E-state index contributed by atoms with van der Waals surface area (Å²) in [6.45, 7) is 6.96. The van der Waals surface area contributed by atoms with Gasteiger partial charge in [-0.2, -0.15) is 4.31 Å². The molecule has 10 nitrogen and oxygen atoms in total. The number of hydrogen-bond acceptors (Lipinski definition) is 8. The van der Waals surface area contributed by atoms with Crippen LogP contribution in [0.3, 0.4) is 0 Å². The minimum Gasteiger partial charge on any atom is -0.322 e. The molecule has 0 spiro atoms. The number of carbonyl (C=O) groups is 1. The number of carbonyl (C=O) groups excluding carboxylic acids is 1.